The van der Waals surface area contributed by atoms with Gasteiger partial charge in [-0.3, -0.25) is 4.79 Å². The molecule has 1 heterocycles. The lowest BCUT2D eigenvalue weighted by molar-refractivity contribution is -0.118. The van der Waals surface area contributed by atoms with Crippen LogP contribution < -0.4 is 20.8 Å². The second-order valence-corrected chi connectivity index (χ2v) is 9.00. The Bertz CT molecular complexity index is 1520. The summed E-state index contributed by atoms with van der Waals surface area (Å²) in [5, 5.41) is 8.45. The molecule has 10 heteroatoms. The summed E-state index contributed by atoms with van der Waals surface area (Å²) in [4.78, 5) is 24.2. The van der Waals surface area contributed by atoms with Gasteiger partial charge < -0.3 is 14.5 Å². The minimum absolute atomic E-state index is 0.136. The van der Waals surface area contributed by atoms with E-state index in [-0.39, 0.29) is 26.9 Å². The number of anilines is 1. The van der Waals surface area contributed by atoms with E-state index in [1.165, 1.54) is 36.4 Å². The van der Waals surface area contributed by atoms with Gasteiger partial charge in [-0.25, -0.2) is 18.4 Å². The molecule has 3 aromatic carbocycles. The molecule has 1 amide bonds. The predicted octanol–water partition coefficient (Wildman–Crippen LogP) is 3.78. The smallest absolute Gasteiger partial charge is 0.336 e. The lowest BCUT2D eigenvalue weighted by atomic mass is 10.0. The largest absolute Gasteiger partial charge is 0.482 e. The van der Waals surface area contributed by atoms with Crippen LogP contribution >= 0.6 is 11.6 Å². The van der Waals surface area contributed by atoms with Crippen LogP contribution in [0.5, 0.6) is 5.75 Å². The fraction of sp³-hybridized carbons (Fsp3) is 0.0435. The van der Waals surface area contributed by atoms with Gasteiger partial charge >= 0.3 is 5.63 Å². The van der Waals surface area contributed by atoms with E-state index >= 15 is 0 Å². The van der Waals surface area contributed by atoms with Gasteiger partial charge in [0.2, 0.25) is 10.0 Å². The van der Waals surface area contributed by atoms with Crippen LogP contribution in [0.1, 0.15) is 0 Å². The first-order chi connectivity index (χ1) is 15.7. The van der Waals surface area contributed by atoms with Crippen LogP contribution in [0.4, 0.5) is 5.69 Å². The number of nitrogens with one attached hydrogen (secondary N) is 1. The molecule has 0 atom stereocenters. The van der Waals surface area contributed by atoms with Gasteiger partial charge in [-0.2, -0.15) is 0 Å². The molecular formula is C23H17ClN2O6S. The van der Waals surface area contributed by atoms with E-state index in [4.69, 9.17) is 25.9 Å². The molecule has 33 heavy (non-hydrogen) atoms. The highest BCUT2D eigenvalue weighted by molar-refractivity contribution is 7.89. The number of hydrogen-bond donors (Lipinski definition) is 2. The molecular weight excluding hydrogens is 468 g/mol. The van der Waals surface area contributed by atoms with Crippen molar-refractivity contribution in [3.05, 3.63) is 88.2 Å². The molecule has 0 spiro atoms. The number of sulfonamides is 1. The van der Waals surface area contributed by atoms with Crippen molar-refractivity contribution in [1.29, 1.82) is 0 Å². The number of rotatable bonds is 6. The molecule has 0 saturated carbocycles. The maximum absolute atomic E-state index is 12.3. The van der Waals surface area contributed by atoms with Crippen molar-refractivity contribution in [2.24, 2.45) is 5.14 Å². The number of carbonyl (C=O) groups is 1. The molecule has 4 aromatic rings. The molecule has 0 aliphatic carbocycles. The van der Waals surface area contributed by atoms with E-state index in [0.29, 0.717) is 10.9 Å². The summed E-state index contributed by atoms with van der Waals surface area (Å²) in [6.45, 7) is -0.423. The fourth-order valence-corrected chi connectivity index (χ4v) is 4.00. The molecule has 168 valence electrons. The molecule has 0 bridgehead atoms. The number of fused-ring (bicyclic) bond motifs is 1. The van der Waals surface area contributed by atoms with Gasteiger partial charge in [-0.15, -0.1) is 0 Å². The Morgan fingerprint density at radius 2 is 1.79 bits per heavy atom. The van der Waals surface area contributed by atoms with E-state index in [1.54, 1.807) is 6.07 Å². The summed E-state index contributed by atoms with van der Waals surface area (Å²) < 4.78 is 33.7. The molecule has 4 rings (SSSR count). The number of hydrogen-bond acceptors (Lipinski definition) is 6. The van der Waals surface area contributed by atoms with Crippen LogP contribution in [-0.4, -0.2) is 20.9 Å². The van der Waals surface area contributed by atoms with Gasteiger partial charge in [0.25, 0.3) is 5.91 Å². The minimum Gasteiger partial charge on any atom is -0.482 e. The van der Waals surface area contributed by atoms with Gasteiger partial charge in [0.05, 0.1) is 9.92 Å². The lowest BCUT2D eigenvalue weighted by Crippen LogP contribution is -2.20. The molecule has 0 fully saturated rings. The van der Waals surface area contributed by atoms with Gasteiger partial charge in [0, 0.05) is 23.2 Å². The van der Waals surface area contributed by atoms with Crippen molar-refractivity contribution < 1.29 is 22.4 Å². The Labute approximate surface area is 193 Å². The van der Waals surface area contributed by atoms with E-state index in [9.17, 15) is 18.0 Å². The SMILES string of the molecule is NS(=O)(=O)c1cccc(NC(=O)COc2cc3oc(=O)cc(-c4ccccc4)c3cc2Cl)c1. The quantitative estimate of drug-likeness (QED) is 0.401. The lowest BCUT2D eigenvalue weighted by Gasteiger charge is -2.11. The van der Waals surface area contributed by atoms with Crippen LogP contribution in [0.15, 0.2) is 86.9 Å². The molecule has 0 aliphatic heterocycles. The second-order valence-electron chi connectivity index (χ2n) is 7.03. The summed E-state index contributed by atoms with van der Waals surface area (Å²) in [5.74, 6) is -0.414. The highest BCUT2D eigenvalue weighted by Crippen LogP contribution is 2.34. The van der Waals surface area contributed by atoms with Crippen molar-refractivity contribution in [1.82, 2.24) is 0 Å². The number of halogens is 1. The van der Waals surface area contributed by atoms with Crippen LogP contribution in [-0.2, 0) is 14.8 Å². The second kappa shape index (κ2) is 9.07. The molecule has 0 radical (unpaired) electrons. The Balaban J connectivity index is 1.55. The number of nitrogens with two attached hydrogens (primary N) is 1. The summed E-state index contributed by atoms with van der Waals surface area (Å²) in [5.41, 5.74) is 1.42. The zero-order valence-corrected chi connectivity index (χ0v) is 18.5. The molecule has 0 unspecified atom stereocenters. The minimum atomic E-state index is -3.91. The number of primary sulfonamides is 1. The van der Waals surface area contributed by atoms with Gasteiger partial charge in [0.1, 0.15) is 11.3 Å². The normalized spacial score (nSPS) is 11.3. The van der Waals surface area contributed by atoms with Crippen molar-refractivity contribution in [3.8, 4) is 16.9 Å². The topological polar surface area (TPSA) is 129 Å². The molecule has 0 aliphatic rings. The van der Waals surface area contributed by atoms with Gasteiger partial charge in [-0.05, 0) is 35.4 Å². The average molecular weight is 485 g/mol. The monoisotopic (exact) mass is 484 g/mol. The van der Waals surface area contributed by atoms with E-state index in [1.807, 2.05) is 30.3 Å². The molecule has 3 N–H and O–H groups in total. The molecule has 0 saturated heterocycles. The highest BCUT2D eigenvalue weighted by atomic mass is 35.5. The predicted molar refractivity (Wildman–Crippen MR) is 125 cm³/mol. The van der Waals surface area contributed by atoms with Crippen LogP contribution in [0.2, 0.25) is 5.02 Å². The number of carbonyl (C=O) groups excluding carboxylic acids is 1. The van der Waals surface area contributed by atoms with Crippen LogP contribution in [0, 0.1) is 0 Å². The maximum atomic E-state index is 12.3. The Hall–Kier alpha value is -3.66. The molecule has 8 nitrogen and oxygen atoms in total. The third-order valence-corrected chi connectivity index (χ3v) is 5.89. The van der Waals surface area contributed by atoms with Gasteiger partial charge in [0.15, 0.2) is 6.61 Å². The number of amides is 1. The zero-order valence-electron chi connectivity index (χ0n) is 16.9. The third-order valence-electron chi connectivity index (χ3n) is 4.69. The Kier molecular flexibility index (Phi) is 6.19. The maximum Gasteiger partial charge on any atom is 0.336 e. The first kappa shape index (κ1) is 22.5. The van der Waals surface area contributed by atoms with Crippen molar-refractivity contribution >= 4 is 44.2 Å². The summed E-state index contributed by atoms with van der Waals surface area (Å²) in [6.07, 6.45) is 0. The van der Waals surface area contributed by atoms with E-state index in [0.717, 1.165) is 5.56 Å². The van der Waals surface area contributed by atoms with Gasteiger partial charge in [-0.1, -0.05) is 48.0 Å². The van der Waals surface area contributed by atoms with E-state index < -0.39 is 28.2 Å². The van der Waals surface area contributed by atoms with Crippen molar-refractivity contribution in [3.63, 3.8) is 0 Å². The van der Waals surface area contributed by atoms with Crippen LogP contribution in [0.3, 0.4) is 0 Å². The third kappa shape index (κ3) is 5.23. The molecule has 1 aromatic heterocycles. The summed E-state index contributed by atoms with van der Waals surface area (Å²) in [6, 6.07) is 19.2. The Morgan fingerprint density at radius 3 is 2.52 bits per heavy atom. The van der Waals surface area contributed by atoms with Crippen molar-refractivity contribution in [2.75, 3.05) is 11.9 Å². The average Bonchev–Trinajstić information content (AvgIpc) is 2.78. The van der Waals surface area contributed by atoms with E-state index in [2.05, 4.69) is 5.32 Å². The standard InChI is InChI=1S/C23H17ClN2O6S/c24-19-10-18-17(14-5-2-1-3-6-14)11-23(28)32-20(18)12-21(19)31-13-22(27)26-15-7-4-8-16(9-15)33(25,29)30/h1-12H,13H2,(H,26,27)(H2,25,29,30). The first-order valence-corrected chi connectivity index (χ1v) is 11.5. The Morgan fingerprint density at radius 1 is 1.03 bits per heavy atom. The first-order valence-electron chi connectivity index (χ1n) is 9.59. The fourth-order valence-electron chi connectivity index (χ4n) is 3.22. The zero-order chi connectivity index (χ0) is 23.6. The number of benzene rings is 3. The summed E-state index contributed by atoms with van der Waals surface area (Å²) in [7, 11) is -3.91. The van der Waals surface area contributed by atoms with Crippen molar-refractivity contribution in [2.45, 2.75) is 4.90 Å². The summed E-state index contributed by atoms with van der Waals surface area (Å²) >= 11 is 6.36. The highest BCUT2D eigenvalue weighted by Gasteiger charge is 2.14. The number of ether oxygens (including phenoxy) is 1. The van der Waals surface area contributed by atoms with Crippen LogP contribution in [0.25, 0.3) is 22.1 Å².